The van der Waals surface area contributed by atoms with Crippen LogP contribution in [0.25, 0.3) is 11.3 Å². The van der Waals surface area contributed by atoms with E-state index in [-0.39, 0.29) is 10.8 Å². The predicted octanol–water partition coefficient (Wildman–Crippen LogP) is 3.42. The van der Waals surface area contributed by atoms with Crippen molar-refractivity contribution in [2.24, 2.45) is 0 Å². The number of hydrogen-bond donors (Lipinski definition) is 2. The number of anilines is 2. The van der Waals surface area contributed by atoms with E-state index in [0.717, 1.165) is 28.7 Å². The maximum absolute atomic E-state index is 12.6. The van der Waals surface area contributed by atoms with E-state index in [1.807, 2.05) is 18.3 Å². The minimum Gasteiger partial charge on any atom is -0.326 e. The first-order chi connectivity index (χ1) is 13.4. The zero-order valence-electron chi connectivity index (χ0n) is 15.0. The SMILES string of the molecule is CC(=O)Nc1ccc(S(=O)(=O)Nc2ccc(-c3cn4c(n3)SCC4)cc2)cc1. The highest BCUT2D eigenvalue weighted by atomic mass is 32.2. The fourth-order valence-electron chi connectivity index (χ4n) is 2.89. The minimum atomic E-state index is -3.72. The van der Waals surface area contributed by atoms with E-state index >= 15 is 0 Å². The summed E-state index contributed by atoms with van der Waals surface area (Å²) in [6.07, 6.45) is 2.02. The second kappa shape index (κ2) is 7.33. The van der Waals surface area contributed by atoms with Crippen molar-refractivity contribution in [2.75, 3.05) is 15.8 Å². The van der Waals surface area contributed by atoms with Gasteiger partial charge in [0.1, 0.15) is 0 Å². The lowest BCUT2D eigenvalue weighted by molar-refractivity contribution is -0.114. The van der Waals surface area contributed by atoms with E-state index in [4.69, 9.17) is 0 Å². The summed E-state index contributed by atoms with van der Waals surface area (Å²) in [7, 11) is -3.72. The van der Waals surface area contributed by atoms with Crippen molar-refractivity contribution >= 4 is 39.1 Å². The third-order valence-electron chi connectivity index (χ3n) is 4.22. The molecule has 28 heavy (non-hydrogen) atoms. The number of rotatable bonds is 5. The molecule has 0 spiro atoms. The van der Waals surface area contributed by atoms with Crippen molar-refractivity contribution in [3.63, 3.8) is 0 Å². The molecule has 1 aromatic heterocycles. The summed E-state index contributed by atoms with van der Waals surface area (Å²) >= 11 is 1.73. The number of nitrogens with zero attached hydrogens (tertiary/aromatic N) is 2. The first kappa shape index (κ1) is 18.6. The lowest BCUT2D eigenvalue weighted by Crippen LogP contribution is -2.13. The standard InChI is InChI=1S/C19H18N4O3S2/c1-13(24)20-15-6-8-17(9-7-15)28(25,26)22-16-4-2-14(3-5-16)18-12-23-10-11-27-19(23)21-18/h2-9,12,22H,10-11H2,1H3,(H,20,24). The average molecular weight is 415 g/mol. The van der Waals surface area contributed by atoms with Crippen LogP contribution in [0.5, 0.6) is 0 Å². The highest BCUT2D eigenvalue weighted by Gasteiger charge is 2.16. The molecule has 0 fully saturated rings. The summed E-state index contributed by atoms with van der Waals surface area (Å²) < 4.78 is 29.8. The van der Waals surface area contributed by atoms with Crippen LogP contribution in [0, 0.1) is 0 Å². The summed E-state index contributed by atoms with van der Waals surface area (Å²) in [5, 5.41) is 3.62. The lowest BCUT2D eigenvalue weighted by atomic mass is 10.1. The molecule has 1 aliphatic heterocycles. The molecule has 1 amide bonds. The molecule has 2 N–H and O–H groups in total. The fourth-order valence-corrected chi connectivity index (χ4v) is 4.89. The molecular weight excluding hydrogens is 396 g/mol. The lowest BCUT2D eigenvalue weighted by Gasteiger charge is -2.09. The van der Waals surface area contributed by atoms with Crippen molar-refractivity contribution in [3.05, 3.63) is 54.7 Å². The highest BCUT2D eigenvalue weighted by Crippen LogP contribution is 2.29. The Morgan fingerprint density at radius 1 is 1.07 bits per heavy atom. The molecule has 4 rings (SSSR count). The van der Waals surface area contributed by atoms with Crippen molar-refractivity contribution in [3.8, 4) is 11.3 Å². The molecule has 3 aromatic rings. The Morgan fingerprint density at radius 3 is 2.39 bits per heavy atom. The Kier molecular flexibility index (Phi) is 4.86. The monoisotopic (exact) mass is 414 g/mol. The van der Waals surface area contributed by atoms with Crippen LogP contribution < -0.4 is 10.0 Å². The summed E-state index contributed by atoms with van der Waals surface area (Å²) in [5.74, 6) is 0.838. The largest absolute Gasteiger partial charge is 0.326 e. The van der Waals surface area contributed by atoms with Crippen LogP contribution >= 0.6 is 11.8 Å². The van der Waals surface area contributed by atoms with Gasteiger partial charge in [-0.1, -0.05) is 23.9 Å². The van der Waals surface area contributed by atoms with Crippen LogP contribution in [0.1, 0.15) is 6.92 Å². The topological polar surface area (TPSA) is 93.1 Å². The number of sulfonamides is 1. The second-order valence-electron chi connectivity index (χ2n) is 6.34. The Balaban J connectivity index is 1.49. The molecule has 0 radical (unpaired) electrons. The third-order valence-corrected chi connectivity index (χ3v) is 6.59. The number of hydrogen-bond acceptors (Lipinski definition) is 5. The molecule has 0 aliphatic carbocycles. The molecule has 2 heterocycles. The quantitative estimate of drug-likeness (QED) is 0.667. The highest BCUT2D eigenvalue weighted by molar-refractivity contribution is 7.99. The molecule has 0 saturated carbocycles. The van der Waals surface area contributed by atoms with E-state index in [1.165, 1.54) is 19.1 Å². The van der Waals surface area contributed by atoms with Gasteiger partial charge >= 0.3 is 0 Å². The van der Waals surface area contributed by atoms with Crippen LogP contribution in [0.3, 0.4) is 0 Å². The van der Waals surface area contributed by atoms with Crippen LogP contribution in [-0.4, -0.2) is 29.6 Å². The van der Waals surface area contributed by atoms with Crippen molar-refractivity contribution in [1.29, 1.82) is 0 Å². The van der Waals surface area contributed by atoms with Gasteiger partial charge in [-0.25, -0.2) is 13.4 Å². The Labute approximate surface area is 167 Å². The van der Waals surface area contributed by atoms with E-state index in [0.29, 0.717) is 11.4 Å². The Morgan fingerprint density at radius 2 is 1.75 bits per heavy atom. The number of thioether (sulfide) groups is 1. The number of amides is 1. The Bertz CT molecular complexity index is 1100. The normalized spacial score (nSPS) is 13.2. The van der Waals surface area contributed by atoms with Crippen LogP contribution in [-0.2, 0) is 21.4 Å². The number of imidazole rings is 1. The van der Waals surface area contributed by atoms with Gasteiger partial charge in [0.15, 0.2) is 5.16 Å². The number of nitrogens with one attached hydrogen (secondary N) is 2. The zero-order valence-corrected chi connectivity index (χ0v) is 16.7. The van der Waals surface area contributed by atoms with Gasteiger partial charge in [0, 0.05) is 42.4 Å². The third kappa shape index (κ3) is 3.90. The van der Waals surface area contributed by atoms with Gasteiger partial charge in [-0.3, -0.25) is 9.52 Å². The summed E-state index contributed by atoms with van der Waals surface area (Å²) in [5.41, 5.74) is 2.83. The van der Waals surface area contributed by atoms with Gasteiger partial charge in [-0.15, -0.1) is 0 Å². The van der Waals surface area contributed by atoms with Gasteiger partial charge in [0.25, 0.3) is 10.0 Å². The number of benzene rings is 2. The van der Waals surface area contributed by atoms with Crippen molar-refractivity contribution in [1.82, 2.24) is 9.55 Å². The molecule has 1 aliphatic rings. The molecule has 7 nitrogen and oxygen atoms in total. The van der Waals surface area contributed by atoms with Gasteiger partial charge in [-0.05, 0) is 36.4 Å². The van der Waals surface area contributed by atoms with Crippen molar-refractivity contribution in [2.45, 2.75) is 23.5 Å². The number of carbonyl (C=O) groups is 1. The molecule has 9 heteroatoms. The molecule has 144 valence electrons. The first-order valence-electron chi connectivity index (χ1n) is 8.62. The zero-order chi connectivity index (χ0) is 19.7. The number of fused-ring (bicyclic) bond motifs is 1. The number of carbonyl (C=O) groups excluding carboxylic acids is 1. The van der Waals surface area contributed by atoms with Gasteiger partial charge in [-0.2, -0.15) is 0 Å². The summed E-state index contributed by atoms with van der Waals surface area (Å²) in [4.78, 5) is 15.8. The first-order valence-corrected chi connectivity index (χ1v) is 11.1. The molecule has 0 saturated heterocycles. The molecule has 2 aromatic carbocycles. The van der Waals surface area contributed by atoms with Gasteiger partial charge < -0.3 is 9.88 Å². The molecule has 0 unspecified atom stereocenters. The van der Waals surface area contributed by atoms with Crippen LogP contribution in [0.4, 0.5) is 11.4 Å². The van der Waals surface area contributed by atoms with E-state index in [1.54, 1.807) is 36.0 Å². The van der Waals surface area contributed by atoms with E-state index in [9.17, 15) is 13.2 Å². The van der Waals surface area contributed by atoms with E-state index in [2.05, 4.69) is 19.6 Å². The molecule has 0 atom stereocenters. The molecular formula is C19H18N4O3S2. The number of aromatic nitrogens is 2. The van der Waals surface area contributed by atoms with Crippen LogP contribution in [0.2, 0.25) is 0 Å². The smallest absolute Gasteiger partial charge is 0.261 e. The maximum Gasteiger partial charge on any atom is 0.261 e. The molecule has 0 bridgehead atoms. The summed E-state index contributed by atoms with van der Waals surface area (Å²) in [6.45, 7) is 2.36. The summed E-state index contributed by atoms with van der Waals surface area (Å²) in [6, 6.07) is 13.1. The fraction of sp³-hybridized carbons (Fsp3) is 0.158. The van der Waals surface area contributed by atoms with Gasteiger partial charge in [0.05, 0.1) is 10.6 Å². The second-order valence-corrected chi connectivity index (χ2v) is 9.08. The van der Waals surface area contributed by atoms with Crippen LogP contribution in [0.15, 0.2) is 64.8 Å². The predicted molar refractivity (Wildman–Crippen MR) is 110 cm³/mol. The average Bonchev–Trinajstić information content (AvgIpc) is 3.24. The number of aryl methyl sites for hydroxylation is 1. The maximum atomic E-state index is 12.6. The minimum absolute atomic E-state index is 0.119. The Hall–Kier alpha value is -2.78. The van der Waals surface area contributed by atoms with Gasteiger partial charge in [0.2, 0.25) is 5.91 Å². The van der Waals surface area contributed by atoms with Crippen molar-refractivity contribution < 1.29 is 13.2 Å². The van der Waals surface area contributed by atoms with E-state index < -0.39 is 10.0 Å².